The van der Waals surface area contributed by atoms with Crippen molar-refractivity contribution in [2.75, 3.05) is 31.1 Å². The molecule has 4 heteroatoms. The second-order valence-electron chi connectivity index (χ2n) is 4.76. The zero-order valence-electron chi connectivity index (χ0n) is 9.58. The van der Waals surface area contributed by atoms with E-state index in [1.54, 1.807) is 0 Å². The van der Waals surface area contributed by atoms with Crippen LogP contribution < -0.4 is 5.32 Å². The third-order valence-electron chi connectivity index (χ3n) is 3.62. The smallest absolute Gasteiger partial charge is 0.0249 e. The van der Waals surface area contributed by atoms with Crippen molar-refractivity contribution in [2.45, 2.75) is 38.3 Å². The van der Waals surface area contributed by atoms with Crippen LogP contribution in [0.3, 0.4) is 0 Å². The van der Waals surface area contributed by atoms with Crippen LogP contribution in [0.1, 0.15) is 26.2 Å². The van der Waals surface area contributed by atoms with Crippen molar-refractivity contribution in [1.29, 1.82) is 0 Å². The minimum Gasteiger partial charge on any atom is -0.313 e. The summed E-state index contributed by atoms with van der Waals surface area (Å²) in [6, 6.07) is 1.36. The predicted molar refractivity (Wildman–Crippen MR) is 64.6 cm³/mol. The van der Waals surface area contributed by atoms with Gasteiger partial charge < -0.3 is 5.32 Å². The van der Waals surface area contributed by atoms with E-state index in [4.69, 9.17) is 0 Å². The Labute approximate surface area is 95.1 Å². The van der Waals surface area contributed by atoms with E-state index in [-0.39, 0.29) is 0 Å². The van der Waals surface area contributed by atoms with Crippen LogP contribution in [0.25, 0.3) is 0 Å². The van der Waals surface area contributed by atoms with Gasteiger partial charge in [-0.15, -0.1) is 0 Å². The van der Waals surface area contributed by atoms with Crippen LogP contribution >= 0.6 is 0 Å². The monoisotopic (exact) mass is 230 g/mol. The molecule has 0 aromatic carbocycles. The van der Waals surface area contributed by atoms with E-state index >= 15 is 0 Å². The summed E-state index contributed by atoms with van der Waals surface area (Å²) in [5.41, 5.74) is 0. The van der Waals surface area contributed by atoms with Crippen LogP contribution in [0.2, 0.25) is 0 Å². The predicted octanol–water partition coefficient (Wildman–Crippen LogP) is 0.581. The molecule has 0 amide bonds. The van der Waals surface area contributed by atoms with Crippen LogP contribution in [-0.4, -0.2) is 52.3 Å². The molecule has 2 aliphatic rings. The summed E-state index contributed by atoms with van der Waals surface area (Å²) < 4.78 is 11.3. The second-order valence-corrected chi connectivity index (χ2v) is 6.46. The molecule has 0 bridgehead atoms. The van der Waals surface area contributed by atoms with Gasteiger partial charge >= 0.3 is 0 Å². The summed E-state index contributed by atoms with van der Waals surface area (Å²) in [5, 5.41) is 3.52. The van der Waals surface area contributed by atoms with Crippen molar-refractivity contribution in [3.63, 3.8) is 0 Å². The van der Waals surface area contributed by atoms with Gasteiger partial charge in [-0.2, -0.15) is 0 Å². The third kappa shape index (κ3) is 3.26. The lowest BCUT2D eigenvalue weighted by Gasteiger charge is -2.32. The van der Waals surface area contributed by atoms with E-state index in [9.17, 15) is 4.21 Å². The molecule has 0 radical (unpaired) electrons. The van der Waals surface area contributed by atoms with E-state index in [1.165, 1.54) is 19.5 Å². The molecule has 88 valence electrons. The SMILES string of the molecule is CC1CCN(C2CCS(=O)CC2)CCN1. The first-order valence-electron chi connectivity index (χ1n) is 6.08. The number of nitrogens with one attached hydrogen (secondary N) is 1. The quantitative estimate of drug-likeness (QED) is 0.715. The van der Waals surface area contributed by atoms with Crippen LogP contribution in [0.4, 0.5) is 0 Å². The van der Waals surface area contributed by atoms with Crippen molar-refractivity contribution in [1.82, 2.24) is 10.2 Å². The van der Waals surface area contributed by atoms with Crippen molar-refractivity contribution < 1.29 is 4.21 Å². The second kappa shape index (κ2) is 5.41. The number of hydrogen-bond acceptors (Lipinski definition) is 3. The molecule has 2 rings (SSSR count). The van der Waals surface area contributed by atoms with E-state index in [0.717, 1.165) is 30.9 Å². The molecule has 1 unspecified atom stereocenters. The zero-order valence-corrected chi connectivity index (χ0v) is 10.4. The maximum Gasteiger partial charge on any atom is 0.0249 e. The van der Waals surface area contributed by atoms with Gasteiger partial charge in [0.25, 0.3) is 0 Å². The van der Waals surface area contributed by atoms with E-state index in [1.807, 2.05) is 0 Å². The minimum absolute atomic E-state index is 0.519. The Morgan fingerprint density at radius 2 is 1.93 bits per heavy atom. The molecular formula is C11H22N2OS. The van der Waals surface area contributed by atoms with Crippen molar-refractivity contribution in [2.24, 2.45) is 0 Å². The normalized spacial score (nSPS) is 39.9. The minimum atomic E-state index is -0.519. The Morgan fingerprint density at radius 3 is 2.67 bits per heavy atom. The summed E-state index contributed by atoms with van der Waals surface area (Å²) in [7, 11) is -0.519. The first-order chi connectivity index (χ1) is 7.25. The van der Waals surface area contributed by atoms with Gasteiger partial charge in [0.1, 0.15) is 0 Å². The number of nitrogens with zero attached hydrogens (tertiary/aromatic N) is 1. The van der Waals surface area contributed by atoms with Gasteiger partial charge in [-0.1, -0.05) is 0 Å². The molecule has 15 heavy (non-hydrogen) atoms. The molecule has 2 fully saturated rings. The molecule has 0 spiro atoms. The maximum absolute atomic E-state index is 11.3. The standard InChI is InChI=1S/C11H22N2OS/c1-10-2-6-13(7-5-12-10)11-3-8-15(14)9-4-11/h10-12H,2-9H2,1H3. The molecule has 2 aliphatic heterocycles. The lowest BCUT2D eigenvalue weighted by Crippen LogP contribution is -2.41. The number of rotatable bonds is 1. The molecule has 0 aromatic rings. The van der Waals surface area contributed by atoms with Crippen LogP contribution in [0, 0.1) is 0 Å². The van der Waals surface area contributed by atoms with Gasteiger partial charge in [-0.25, -0.2) is 0 Å². The van der Waals surface area contributed by atoms with Gasteiger partial charge in [0.2, 0.25) is 0 Å². The Balaban J connectivity index is 1.84. The molecule has 3 nitrogen and oxygen atoms in total. The Bertz CT molecular complexity index is 225. The summed E-state index contributed by atoms with van der Waals surface area (Å²) in [6.45, 7) is 5.76. The lowest BCUT2D eigenvalue weighted by molar-refractivity contribution is 0.196. The van der Waals surface area contributed by atoms with Gasteiger partial charge in [0.05, 0.1) is 0 Å². The Morgan fingerprint density at radius 1 is 1.20 bits per heavy atom. The van der Waals surface area contributed by atoms with E-state index < -0.39 is 10.8 Å². The summed E-state index contributed by atoms with van der Waals surface area (Å²) in [4.78, 5) is 2.60. The van der Waals surface area contributed by atoms with Gasteiger partial charge in [0, 0.05) is 47.5 Å². The summed E-state index contributed by atoms with van der Waals surface area (Å²) in [6.07, 6.45) is 3.53. The summed E-state index contributed by atoms with van der Waals surface area (Å²) in [5.74, 6) is 1.84. The fourth-order valence-corrected chi connectivity index (χ4v) is 3.81. The van der Waals surface area contributed by atoms with Gasteiger partial charge in [-0.3, -0.25) is 9.11 Å². The van der Waals surface area contributed by atoms with E-state index in [2.05, 4.69) is 17.1 Å². The van der Waals surface area contributed by atoms with Crippen molar-refractivity contribution in [3.05, 3.63) is 0 Å². The molecular weight excluding hydrogens is 208 g/mol. The van der Waals surface area contributed by atoms with Crippen LogP contribution in [-0.2, 0) is 10.8 Å². The topological polar surface area (TPSA) is 32.3 Å². The largest absolute Gasteiger partial charge is 0.313 e. The average Bonchev–Trinajstić information content (AvgIpc) is 2.44. The molecule has 1 atom stereocenters. The lowest BCUT2D eigenvalue weighted by atomic mass is 10.1. The molecule has 1 N–H and O–H groups in total. The highest BCUT2D eigenvalue weighted by Gasteiger charge is 2.25. The highest BCUT2D eigenvalue weighted by molar-refractivity contribution is 7.85. The molecule has 2 saturated heterocycles. The highest BCUT2D eigenvalue weighted by atomic mass is 32.2. The van der Waals surface area contributed by atoms with Crippen molar-refractivity contribution in [3.8, 4) is 0 Å². The maximum atomic E-state index is 11.3. The van der Waals surface area contributed by atoms with Gasteiger partial charge in [0.15, 0.2) is 0 Å². The molecule has 0 aromatic heterocycles. The zero-order chi connectivity index (χ0) is 10.7. The Hall–Kier alpha value is 0.0700. The van der Waals surface area contributed by atoms with Gasteiger partial charge in [-0.05, 0) is 32.7 Å². The van der Waals surface area contributed by atoms with Crippen LogP contribution in [0.5, 0.6) is 0 Å². The summed E-state index contributed by atoms with van der Waals surface area (Å²) >= 11 is 0. The fourth-order valence-electron chi connectivity index (χ4n) is 2.54. The molecule has 0 aliphatic carbocycles. The average molecular weight is 230 g/mol. The first kappa shape index (κ1) is 11.6. The van der Waals surface area contributed by atoms with Crippen molar-refractivity contribution >= 4 is 10.8 Å². The molecule has 2 heterocycles. The van der Waals surface area contributed by atoms with E-state index in [0.29, 0.717) is 12.1 Å². The molecule has 0 saturated carbocycles. The Kier molecular flexibility index (Phi) is 4.17. The van der Waals surface area contributed by atoms with Crippen LogP contribution in [0.15, 0.2) is 0 Å². The third-order valence-corrected chi connectivity index (χ3v) is 5.00. The highest BCUT2D eigenvalue weighted by Crippen LogP contribution is 2.17. The number of hydrogen-bond donors (Lipinski definition) is 1. The fraction of sp³-hybridized carbons (Fsp3) is 1.00. The first-order valence-corrected chi connectivity index (χ1v) is 7.57.